The minimum absolute atomic E-state index is 0.118. The third kappa shape index (κ3) is 7.10. The van der Waals surface area contributed by atoms with E-state index in [1.165, 1.54) is 49.9 Å². The molecule has 1 saturated heterocycles. The Hall–Kier alpha value is -3.38. The van der Waals surface area contributed by atoms with Crippen LogP contribution >= 0.6 is 0 Å². The average Bonchev–Trinajstić information content (AvgIpc) is 2.90. The smallest absolute Gasteiger partial charge is 0.324 e. The van der Waals surface area contributed by atoms with E-state index in [1.807, 2.05) is 12.1 Å². The Kier molecular flexibility index (Phi) is 9.70. The van der Waals surface area contributed by atoms with Gasteiger partial charge in [0, 0.05) is 18.7 Å². The first-order valence-electron chi connectivity index (χ1n) is 11.9. The zero-order valence-corrected chi connectivity index (χ0v) is 22.0. The van der Waals surface area contributed by atoms with Gasteiger partial charge in [0.15, 0.2) is 11.5 Å². The highest BCUT2D eigenvalue weighted by molar-refractivity contribution is 7.88. The second-order valence-electron chi connectivity index (χ2n) is 8.61. The predicted molar refractivity (Wildman–Crippen MR) is 135 cm³/mol. The highest BCUT2D eigenvalue weighted by Crippen LogP contribution is 2.38. The van der Waals surface area contributed by atoms with Crippen molar-refractivity contribution in [3.8, 4) is 17.2 Å². The van der Waals surface area contributed by atoms with Crippen LogP contribution in [0.25, 0.3) is 0 Å². The van der Waals surface area contributed by atoms with Crippen molar-refractivity contribution in [1.29, 1.82) is 0 Å². The molecule has 0 N–H and O–H groups in total. The maximum absolute atomic E-state index is 13.1. The normalized spacial score (nSPS) is 16.1. The molecule has 0 aliphatic carbocycles. The number of hydrogen-bond donors (Lipinski definition) is 0. The Labute approximate surface area is 216 Å². The number of ether oxygens (including phenoxy) is 4. The highest BCUT2D eigenvalue weighted by atomic mass is 32.2. The van der Waals surface area contributed by atoms with Gasteiger partial charge in [-0.2, -0.15) is 4.31 Å². The SMILES string of the molecule is COc1cc(CCCOC(=O)C2CCCCN2S(=O)(=O)Cc2ccc([N+](=O)[O-])cc2)cc(OC)c1OC. The number of sulfonamides is 1. The molecule has 0 radical (unpaired) electrons. The first-order valence-corrected chi connectivity index (χ1v) is 13.5. The summed E-state index contributed by atoms with van der Waals surface area (Å²) in [6.07, 6.45) is 2.84. The molecule has 1 fully saturated rings. The molecule has 202 valence electrons. The summed E-state index contributed by atoms with van der Waals surface area (Å²) in [5.74, 6) is 0.634. The molecule has 0 aromatic heterocycles. The lowest BCUT2D eigenvalue weighted by Crippen LogP contribution is -2.49. The summed E-state index contributed by atoms with van der Waals surface area (Å²) < 4.78 is 49.0. The summed E-state index contributed by atoms with van der Waals surface area (Å²) in [5.41, 5.74) is 1.20. The largest absolute Gasteiger partial charge is 0.493 e. The first kappa shape index (κ1) is 28.2. The summed E-state index contributed by atoms with van der Waals surface area (Å²) in [6, 6.07) is 8.12. The second kappa shape index (κ2) is 12.7. The molecule has 2 aromatic carbocycles. The topological polar surface area (TPSA) is 135 Å². The third-order valence-electron chi connectivity index (χ3n) is 6.16. The molecule has 0 amide bonds. The van der Waals surface area contributed by atoms with E-state index >= 15 is 0 Å². The number of aryl methyl sites for hydroxylation is 1. The van der Waals surface area contributed by atoms with Gasteiger partial charge in [0.1, 0.15) is 6.04 Å². The van der Waals surface area contributed by atoms with Crippen molar-refractivity contribution in [3.05, 3.63) is 57.6 Å². The fourth-order valence-corrected chi connectivity index (χ4v) is 6.07. The van der Waals surface area contributed by atoms with Crippen LogP contribution in [0.4, 0.5) is 5.69 Å². The maximum atomic E-state index is 13.1. The van der Waals surface area contributed by atoms with Gasteiger partial charge in [-0.3, -0.25) is 14.9 Å². The van der Waals surface area contributed by atoms with Crippen LogP contribution in [0.2, 0.25) is 0 Å². The molecule has 1 unspecified atom stereocenters. The molecule has 0 bridgehead atoms. The zero-order chi connectivity index (χ0) is 27.0. The van der Waals surface area contributed by atoms with E-state index < -0.39 is 27.0 Å². The molecule has 1 heterocycles. The molecule has 11 nitrogen and oxygen atoms in total. The number of piperidine rings is 1. The number of rotatable bonds is 12. The Balaban J connectivity index is 1.59. The average molecular weight is 537 g/mol. The Morgan fingerprint density at radius 1 is 1.03 bits per heavy atom. The van der Waals surface area contributed by atoms with Gasteiger partial charge in [0.05, 0.1) is 38.6 Å². The van der Waals surface area contributed by atoms with Crippen LogP contribution in [-0.2, 0) is 31.7 Å². The molecule has 37 heavy (non-hydrogen) atoms. The van der Waals surface area contributed by atoms with E-state index in [2.05, 4.69) is 0 Å². The minimum Gasteiger partial charge on any atom is -0.493 e. The number of nitro groups is 1. The zero-order valence-electron chi connectivity index (χ0n) is 21.2. The summed E-state index contributed by atoms with van der Waals surface area (Å²) in [6.45, 7) is 0.350. The van der Waals surface area contributed by atoms with E-state index in [0.29, 0.717) is 48.5 Å². The summed E-state index contributed by atoms with van der Waals surface area (Å²) in [7, 11) is 0.764. The molecular weight excluding hydrogens is 504 g/mol. The lowest BCUT2D eigenvalue weighted by molar-refractivity contribution is -0.384. The predicted octanol–water partition coefficient (Wildman–Crippen LogP) is 3.48. The molecule has 1 aliphatic heterocycles. The van der Waals surface area contributed by atoms with Crippen molar-refractivity contribution in [1.82, 2.24) is 4.31 Å². The molecule has 12 heteroatoms. The van der Waals surface area contributed by atoms with Gasteiger partial charge >= 0.3 is 5.97 Å². The first-order chi connectivity index (χ1) is 17.7. The molecule has 3 rings (SSSR count). The molecule has 2 aromatic rings. The van der Waals surface area contributed by atoms with Crippen LogP contribution in [0.15, 0.2) is 36.4 Å². The molecule has 0 saturated carbocycles. The van der Waals surface area contributed by atoms with Crippen LogP contribution < -0.4 is 14.2 Å². The lowest BCUT2D eigenvalue weighted by Gasteiger charge is -2.33. The fraction of sp³-hybridized carbons (Fsp3) is 0.480. The number of nitro benzene ring substituents is 1. The van der Waals surface area contributed by atoms with E-state index in [4.69, 9.17) is 18.9 Å². The van der Waals surface area contributed by atoms with Crippen LogP contribution in [0.3, 0.4) is 0 Å². The monoisotopic (exact) mass is 536 g/mol. The Morgan fingerprint density at radius 3 is 2.24 bits per heavy atom. The van der Waals surface area contributed by atoms with E-state index in [9.17, 15) is 23.3 Å². The van der Waals surface area contributed by atoms with E-state index in [0.717, 1.165) is 12.0 Å². The Morgan fingerprint density at radius 2 is 1.68 bits per heavy atom. The van der Waals surface area contributed by atoms with Crippen molar-refractivity contribution in [2.75, 3.05) is 34.5 Å². The minimum atomic E-state index is -3.84. The second-order valence-corrected chi connectivity index (χ2v) is 10.5. The van der Waals surface area contributed by atoms with Gasteiger partial charge in [-0.15, -0.1) is 0 Å². The summed E-state index contributed by atoms with van der Waals surface area (Å²) >= 11 is 0. The van der Waals surface area contributed by atoms with Gasteiger partial charge in [-0.25, -0.2) is 8.42 Å². The van der Waals surface area contributed by atoms with Crippen molar-refractivity contribution >= 4 is 21.7 Å². The van der Waals surface area contributed by atoms with Crippen molar-refractivity contribution < 1.29 is 37.1 Å². The Bertz CT molecular complexity index is 1170. The van der Waals surface area contributed by atoms with Gasteiger partial charge in [0.2, 0.25) is 15.8 Å². The lowest BCUT2D eigenvalue weighted by atomic mass is 10.1. The van der Waals surface area contributed by atoms with Crippen LogP contribution in [-0.4, -0.2) is 64.1 Å². The van der Waals surface area contributed by atoms with Gasteiger partial charge < -0.3 is 18.9 Å². The van der Waals surface area contributed by atoms with Crippen LogP contribution in [0.5, 0.6) is 17.2 Å². The maximum Gasteiger partial charge on any atom is 0.324 e. The highest BCUT2D eigenvalue weighted by Gasteiger charge is 2.37. The van der Waals surface area contributed by atoms with Crippen molar-refractivity contribution in [2.45, 2.75) is 43.9 Å². The number of esters is 1. The summed E-state index contributed by atoms with van der Waals surface area (Å²) in [4.78, 5) is 23.2. The standard InChI is InChI=1S/C25H32N2O9S/c1-33-22-15-19(16-23(34-2)24(22)35-3)7-6-14-36-25(28)21-8-4-5-13-26(21)37(31,32)17-18-9-11-20(12-10-18)27(29)30/h9-12,15-16,21H,4-8,13-14,17H2,1-3H3. The third-order valence-corrected chi connectivity index (χ3v) is 8.01. The number of nitrogens with zero attached hydrogens (tertiary/aromatic N) is 2. The number of carbonyl (C=O) groups excluding carboxylic acids is 1. The van der Waals surface area contributed by atoms with E-state index in [1.54, 1.807) is 0 Å². The van der Waals surface area contributed by atoms with Gasteiger partial charge in [-0.1, -0.05) is 12.1 Å². The summed E-state index contributed by atoms with van der Waals surface area (Å²) in [5, 5.41) is 10.8. The molecule has 0 spiro atoms. The molecular formula is C25H32N2O9S. The van der Waals surface area contributed by atoms with Crippen LogP contribution in [0.1, 0.15) is 36.8 Å². The van der Waals surface area contributed by atoms with Gasteiger partial charge in [0.25, 0.3) is 5.69 Å². The number of methoxy groups -OCH3 is 3. The quantitative estimate of drug-likeness (QED) is 0.173. The number of hydrogen-bond acceptors (Lipinski definition) is 9. The van der Waals surface area contributed by atoms with Crippen molar-refractivity contribution in [3.63, 3.8) is 0 Å². The fourth-order valence-electron chi connectivity index (χ4n) is 4.31. The van der Waals surface area contributed by atoms with Crippen molar-refractivity contribution in [2.24, 2.45) is 0 Å². The van der Waals surface area contributed by atoms with E-state index in [-0.39, 0.29) is 24.6 Å². The molecule has 1 atom stereocenters. The van der Waals surface area contributed by atoms with Gasteiger partial charge in [-0.05, 0) is 55.4 Å². The molecule has 1 aliphatic rings. The van der Waals surface area contributed by atoms with Crippen LogP contribution in [0, 0.1) is 10.1 Å². The number of benzene rings is 2. The number of carbonyl (C=O) groups is 1. The number of non-ortho nitro benzene ring substituents is 1.